The van der Waals surface area contributed by atoms with Crippen molar-refractivity contribution in [1.29, 1.82) is 0 Å². The molecule has 16 heavy (non-hydrogen) atoms. The van der Waals surface area contributed by atoms with Gasteiger partial charge in [-0.25, -0.2) is 4.39 Å². The molecule has 1 aromatic rings. The molecule has 4 N–H and O–H groups in total. The lowest BCUT2D eigenvalue weighted by molar-refractivity contribution is -0.384. The van der Waals surface area contributed by atoms with Crippen LogP contribution in [0.3, 0.4) is 0 Å². The van der Waals surface area contributed by atoms with Crippen LogP contribution in [0.15, 0.2) is 12.1 Å². The molecule has 0 fully saturated rings. The number of benzene rings is 1. The van der Waals surface area contributed by atoms with Crippen molar-refractivity contribution in [3.05, 3.63) is 33.6 Å². The number of carbonyl (C=O) groups is 1. The zero-order chi connectivity index (χ0) is 12.3. The first kappa shape index (κ1) is 11.5. The summed E-state index contributed by atoms with van der Waals surface area (Å²) < 4.78 is 13.1. The van der Waals surface area contributed by atoms with Gasteiger partial charge < -0.3 is 11.5 Å². The highest BCUT2D eigenvalue weighted by Gasteiger charge is 2.16. The number of nitro groups is 1. The number of nitrogens with zero attached hydrogens (tertiary/aromatic N) is 1. The summed E-state index contributed by atoms with van der Waals surface area (Å²) in [5.41, 5.74) is 8.67. The molecule has 1 amide bonds. The largest absolute Gasteiger partial charge is 0.391 e. The highest BCUT2D eigenvalue weighted by Crippen LogP contribution is 2.25. The summed E-state index contributed by atoms with van der Waals surface area (Å²) in [6.45, 7) is 0. The lowest BCUT2D eigenvalue weighted by Crippen LogP contribution is -2.06. The van der Waals surface area contributed by atoms with E-state index in [-0.39, 0.29) is 5.56 Å². The number of hydrogen-bond donors (Lipinski definition) is 2. The topological polar surface area (TPSA) is 112 Å². The summed E-state index contributed by atoms with van der Waals surface area (Å²) in [6, 6.07) is 1.85. The molecule has 0 unspecified atom stereocenters. The third kappa shape index (κ3) is 2.45. The van der Waals surface area contributed by atoms with Crippen molar-refractivity contribution in [2.24, 2.45) is 5.73 Å². The van der Waals surface area contributed by atoms with E-state index in [9.17, 15) is 19.3 Å². The molecule has 82 valence electrons. The van der Waals surface area contributed by atoms with Gasteiger partial charge >= 0.3 is 0 Å². The maximum atomic E-state index is 13.1. The fourth-order valence-corrected chi connectivity index (χ4v) is 0.960. The average molecular weight is 223 g/mol. The number of anilines is 1. The zero-order valence-corrected chi connectivity index (χ0v) is 7.86. The first-order valence-electron chi connectivity index (χ1n) is 3.96. The third-order valence-electron chi connectivity index (χ3n) is 1.63. The number of nitrogen functional groups attached to an aromatic ring is 1. The summed E-state index contributed by atoms with van der Waals surface area (Å²) in [6.07, 6.45) is 0. The van der Waals surface area contributed by atoms with Crippen molar-refractivity contribution < 1.29 is 14.1 Å². The van der Waals surface area contributed by atoms with Crippen molar-refractivity contribution in [1.82, 2.24) is 0 Å². The Kier molecular flexibility index (Phi) is 3.06. The van der Waals surface area contributed by atoms with Crippen molar-refractivity contribution in [3.63, 3.8) is 0 Å². The second-order valence-electron chi connectivity index (χ2n) is 2.76. The molecular formula is C9H6FN3O3. The van der Waals surface area contributed by atoms with Crippen LogP contribution in [0.25, 0.3) is 0 Å². The maximum absolute atomic E-state index is 13.1. The van der Waals surface area contributed by atoms with E-state index in [1.807, 2.05) is 5.92 Å². The van der Waals surface area contributed by atoms with Crippen molar-refractivity contribution in [2.75, 3.05) is 5.73 Å². The Balaban J connectivity index is 3.31. The molecule has 0 aliphatic heterocycles. The van der Waals surface area contributed by atoms with Crippen LogP contribution in [0.4, 0.5) is 15.8 Å². The second-order valence-corrected chi connectivity index (χ2v) is 2.76. The Hall–Kier alpha value is -2.62. The van der Waals surface area contributed by atoms with Crippen LogP contribution in [-0.2, 0) is 4.79 Å². The van der Waals surface area contributed by atoms with Gasteiger partial charge in [0.25, 0.3) is 11.6 Å². The second kappa shape index (κ2) is 4.27. The Morgan fingerprint density at radius 2 is 2.12 bits per heavy atom. The molecule has 0 aliphatic carbocycles. The highest BCUT2D eigenvalue weighted by atomic mass is 19.1. The van der Waals surface area contributed by atoms with E-state index in [0.717, 1.165) is 12.1 Å². The normalized spacial score (nSPS) is 9.06. The van der Waals surface area contributed by atoms with Gasteiger partial charge in [0.15, 0.2) is 5.82 Å². The Labute approximate surface area is 89.2 Å². The molecule has 0 radical (unpaired) electrons. The molecule has 0 saturated heterocycles. The number of halogens is 1. The van der Waals surface area contributed by atoms with Crippen LogP contribution in [0, 0.1) is 27.8 Å². The lowest BCUT2D eigenvalue weighted by Gasteiger charge is -1.99. The fraction of sp³-hybridized carbons (Fsp3) is 0. The van der Waals surface area contributed by atoms with E-state index < -0.39 is 28.0 Å². The van der Waals surface area contributed by atoms with Gasteiger partial charge in [0.2, 0.25) is 0 Å². The Bertz CT molecular complexity index is 531. The minimum absolute atomic E-state index is 0.0443. The standard InChI is InChI=1S/C9H6FN3O3/c10-6-3-5(1-2-8(11)14)4-7(9(6)12)13(15)16/h3-4H,12H2,(H2,11,14). The van der Waals surface area contributed by atoms with Gasteiger partial charge in [-0.15, -0.1) is 0 Å². The molecule has 0 aliphatic rings. The molecule has 1 rings (SSSR count). The first-order valence-corrected chi connectivity index (χ1v) is 3.96. The van der Waals surface area contributed by atoms with E-state index in [0.29, 0.717) is 0 Å². The van der Waals surface area contributed by atoms with E-state index in [2.05, 4.69) is 5.92 Å². The number of carbonyl (C=O) groups excluding carboxylic acids is 1. The van der Waals surface area contributed by atoms with E-state index in [4.69, 9.17) is 11.5 Å². The molecule has 0 aromatic heterocycles. The van der Waals surface area contributed by atoms with Gasteiger partial charge in [-0.2, -0.15) is 0 Å². The average Bonchev–Trinajstić information content (AvgIpc) is 2.19. The molecule has 0 spiro atoms. The van der Waals surface area contributed by atoms with E-state index in [1.54, 1.807) is 0 Å². The van der Waals surface area contributed by atoms with Gasteiger partial charge in [-0.1, -0.05) is 5.92 Å². The van der Waals surface area contributed by atoms with Gasteiger partial charge in [-0.05, 0) is 12.0 Å². The van der Waals surface area contributed by atoms with Crippen molar-refractivity contribution in [2.45, 2.75) is 0 Å². The molecule has 0 saturated carbocycles. The Morgan fingerprint density at radius 3 is 2.62 bits per heavy atom. The summed E-state index contributed by atoms with van der Waals surface area (Å²) in [5.74, 6) is 2.23. The monoisotopic (exact) mass is 223 g/mol. The molecule has 0 bridgehead atoms. The quantitative estimate of drug-likeness (QED) is 0.305. The van der Waals surface area contributed by atoms with Crippen LogP contribution in [-0.4, -0.2) is 10.8 Å². The number of hydrogen-bond acceptors (Lipinski definition) is 4. The van der Waals surface area contributed by atoms with Gasteiger partial charge in [0.1, 0.15) is 5.69 Å². The molecule has 0 atom stereocenters. The molecule has 7 heteroatoms. The SMILES string of the molecule is NC(=O)C#Cc1cc(F)c(N)c([N+](=O)[O-])c1. The Morgan fingerprint density at radius 1 is 1.50 bits per heavy atom. The summed E-state index contributed by atoms with van der Waals surface area (Å²) in [5, 5.41) is 10.5. The van der Waals surface area contributed by atoms with Crippen LogP contribution in [0.5, 0.6) is 0 Å². The smallest absolute Gasteiger partial charge is 0.296 e. The van der Waals surface area contributed by atoms with E-state index in [1.165, 1.54) is 0 Å². The predicted molar refractivity (Wildman–Crippen MR) is 53.5 cm³/mol. The van der Waals surface area contributed by atoms with Gasteiger partial charge in [0.05, 0.1) is 4.92 Å². The molecule has 1 aromatic carbocycles. The number of primary amides is 1. The summed E-state index contributed by atoms with van der Waals surface area (Å²) >= 11 is 0. The molecule has 6 nitrogen and oxygen atoms in total. The third-order valence-corrected chi connectivity index (χ3v) is 1.63. The van der Waals surface area contributed by atoms with E-state index >= 15 is 0 Å². The number of nitrogens with two attached hydrogens (primary N) is 2. The molecular weight excluding hydrogens is 217 g/mol. The number of rotatable bonds is 1. The summed E-state index contributed by atoms with van der Waals surface area (Å²) in [4.78, 5) is 20.0. The van der Waals surface area contributed by atoms with Gasteiger partial charge in [0, 0.05) is 11.6 Å². The summed E-state index contributed by atoms with van der Waals surface area (Å²) in [7, 11) is 0. The highest BCUT2D eigenvalue weighted by molar-refractivity contribution is 5.92. The van der Waals surface area contributed by atoms with Gasteiger partial charge in [-0.3, -0.25) is 14.9 Å². The lowest BCUT2D eigenvalue weighted by atomic mass is 10.1. The molecule has 0 heterocycles. The number of nitro benzene ring substituents is 1. The van der Waals surface area contributed by atoms with Crippen LogP contribution >= 0.6 is 0 Å². The maximum Gasteiger partial charge on any atom is 0.296 e. The number of amides is 1. The van der Waals surface area contributed by atoms with Crippen molar-refractivity contribution >= 4 is 17.3 Å². The zero-order valence-electron chi connectivity index (χ0n) is 7.86. The fourth-order valence-electron chi connectivity index (χ4n) is 0.960. The predicted octanol–water partition coefficient (Wildman–Crippen LogP) is 0.153. The van der Waals surface area contributed by atoms with Crippen LogP contribution in [0.1, 0.15) is 5.56 Å². The van der Waals surface area contributed by atoms with Crippen LogP contribution in [0.2, 0.25) is 0 Å². The first-order chi connectivity index (χ1) is 7.41. The van der Waals surface area contributed by atoms with Crippen LogP contribution < -0.4 is 11.5 Å². The van der Waals surface area contributed by atoms with Crippen molar-refractivity contribution in [3.8, 4) is 11.8 Å². The minimum Gasteiger partial charge on any atom is -0.391 e. The minimum atomic E-state index is -0.969.